The fourth-order valence-electron chi connectivity index (χ4n) is 5.84. The van der Waals surface area contributed by atoms with Crippen LogP contribution in [0.15, 0.2) is 48.6 Å². The summed E-state index contributed by atoms with van der Waals surface area (Å²) >= 11 is 0. The molecule has 10 nitrogen and oxygen atoms in total. The molecule has 56 heavy (non-hydrogen) atoms. The lowest BCUT2D eigenvalue weighted by atomic mass is 10.1. The smallest absolute Gasteiger partial charge is 0.472 e. The van der Waals surface area contributed by atoms with Crippen molar-refractivity contribution < 1.29 is 42.7 Å². The van der Waals surface area contributed by atoms with Crippen molar-refractivity contribution in [3.8, 4) is 0 Å². The average Bonchev–Trinajstić information content (AvgIpc) is 3.18. The van der Waals surface area contributed by atoms with Gasteiger partial charge in [0, 0.05) is 13.0 Å². The van der Waals surface area contributed by atoms with E-state index in [4.69, 9.17) is 29.4 Å². The number of allylic oxidation sites excluding steroid dienone is 8. The van der Waals surface area contributed by atoms with Crippen molar-refractivity contribution in [1.29, 1.82) is 0 Å². The quantitative estimate of drug-likeness (QED) is 0.0235. The van der Waals surface area contributed by atoms with E-state index in [1.165, 1.54) is 83.5 Å². The van der Waals surface area contributed by atoms with Crippen molar-refractivity contribution in [1.82, 2.24) is 0 Å². The largest absolute Gasteiger partial charge is 0.480 e. The molecule has 3 unspecified atom stereocenters. The summed E-state index contributed by atoms with van der Waals surface area (Å²) in [4.78, 5) is 33.5. The summed E-state index contributed by atoms with van der Waals surface area (Å²) in [5.41, 5.74) is 5.35. The first-order chi connectivity index (χ1) is 27.2. The SMILES string of the molecule is CCCCC/C=C\C/C=C\C/C=C\CCCCCCCCC(=O)OC(COCCCCCCCC/C=C\CCCCCCC)COP(=O)(O)OCC(N)C(=O)O. The fraction of sp³-hybridized carbons (Fsp3) is 0.778. The Morgan fingerprint density at radius 3 is 1.52 bits per heavy atom. The minimum absolute atomic E-state index is 0.00654. The Kier molecular flexibility index (Phi) is 39.6. The molecule has 0 fully saturated rings. The number of phosphoric acid groups is 1. The predicted octanol–water partition coefficient (Wildman–Crippen LogP) is 12.3. The number of nitrogens with two attached hydrogens (primary N) is 1. The molecule has 0 spiro atoms. The number of hydrogen-bond acceptors (Lipinski definition) is 8. The minimum atomic E-state index is -4.62. The number of ether oxygens (including phenoxy) is 2. The van der Waals surface area contributed by atoms with Gasteiger partial charge in [-0.3, -0.25) is 18.6 Å². The molecule has 0 heterocycles. The molecule has 0 aromatic carbocycles. The van der Waals surface area contributed by atoms with Gasteiger partial charge in [0.1, 0.15) is 12.1 Å². The van der Waals surface area contributed by atoms with Crippen LogP contribution in [-0.2, 0) is 32.7 Å². The topological polar surface area (TPSA) is 155 Å². The van der Waals surface area contributed by atoms with Gasteiger partial charge in [-0.1, -0.05) is 152 Å². The number of phosphoric ester groups is 1. The van der Waals surface area contributed by atoms with Crippen molar-refractivity contribution in [2.24, 2.45) is 5.73 Å². The molecule has 3 atom stereocenters. The Morgan fingerprint density at radius 1 is 0.571 bits per heavy atom. The molecule has 0 aromatic rings. The summed E-state index contributed by atoms with van der Waals surface area (Å²) < 4.78 is 33.3. The van der Waals surface area contributed by atoms with E-state index in [2.05, 4.69) is 62.5 Å². The zero-order valence-electron chi connectivity index (χ0n) is 35.5. The van der Waals surface area contributed by atoms with Crippen LogP contribution in [0.25, 0.3) is 0 Å². The van der Waals surface area contributed by atoms with Crippen LogP contribution in [-0.4, -0.2) is 60.5 Å². The molecule has 0 aliphatic heterocycles. The number of carbonyl (C=O) groups excluding carboxylic acids is 1. The second kappa shape index (κ2) is 41.1. The highest BCUT2D eigenvalue weighted by atomic mass is 31.2. The van der Waals surface area contributed by atoms with E-state index in [9.17, 15) is 19.0 Å². The van der Waals surface area contributed by atoms with Gasteiger partial charge in [0.25, 0.3) is 0 Å². The third-order valence-electron chi connectivity index (χ3n) is 9.33. The van der Waals surface area contributed by atoms with Crippen LogP contribution in [0.1, 0.15) is 187 Å². The van der Waals surface area contributed by atoms with Crippen LogP contribution in [0, 0.1) is 0 Å². The molecular formula is C45H82NO9P. The van der Waals surface area contributed by atoms with Crippen molar-refractivity contribution in [2.75, 3.05) is 26.4 Å². The van der Waals surface area contributed by atoms with Gasteiger partial charge in [-0.2, -0.15) is 0 Å². The van der Waals surface area contributed by atoms with E-state index >= 15 is 0 Å². The molecule has 4 N–H and O–H groups in total. The van der Waals surface area contributed by atoms with Gasteiger partial charge in [-0.15, -0.1) is 0 Å². The third-order valence-corrected chi connectivity index (χ3v) is 10.3. The van der Waals surface area contributed by atoms with Gasteiger partial charge in [0.05, 0.1) is 19.8 Å². The number of hydrogen-bond donors (Lipinski definition) is 3. The number of unbranched alkanes of at least 4 members (excludes halogenated alkanes) is 20. The molecule has 0 aliphatic rings. The minimum Gasteiger partial charge on any atom is -0.480 e. The van der Waals surface area contributed by atoms with E-state index in [1.807, 2.05) is 0 Å². The maximum Gasteiger partial charge on any atom is 0.472 e. The highest BCUT2D eigenvalue weighted by Gasteiger charge is 2.27. The Morgan fingerprint density at radius 2 is 0.982 bits per heavy atom. The number of aliphatic carboxylic acids is 1. The Bertz CT molecular complexity index is 1080. The standard InChI is InChI=1S/C45H82NO9P/c1-3-5-7-9-11-13-15-17-19-20-21-22-23-25-27-29-31-33-35-37-44(47)55-42(40-53-56(50,51)54-41-43(46)45(48)49)39-52-38-36-34-32-30-28-26-24-18-16-14-12-10-8-6-4-2/h11,13,16-19,21-22,42-43H,3-10,12,14-15,20,23-41,46H2,1-2H3,(H,48,49)(H,50,51)/b13-11-,18-16-,19-17-,22-21-. The zero-order chi connectivity index (χ0) is 41.2. The molecule has 0 amide bonds. The van der Waals surface area contributed by atoms with Crippen molar-refractivity contribution in [2.45, 2.75) is 199 Å². The van der Waals surface area contributed by atoms with E-state index in [0.29, 0.717) is 13.0 Å². The molecule has 0 saturated carbocycles. The normalized spacial score (nSPS) is 14.4. The lowest BCUT2D eigenvalue weighted by molar-refractivity contribution is -0.154. The Balaban J connectivity index is 4.27. The van der Waals surface area contributed by atoms with Crippen LogP contribution in [0.5, 0.6) is 0 Å². The number of carboxylic acids is 1. The first kappa shape index (κ1) is 53.9. The molecule has 0 aliphatic carbocycles. The number of esters is 1. The van der Waals surface area contributed by atoms with Crippen molar-refractivity contribution in [3.05, 3.63) is 48.6 Å². The van der Waals surface area contributed by atoms with Gasteiger partial charge >= 0.3 is 19.8 Å². The van der Waals surface area contributed by atoms with Gasteiger partial charge < -0.3 is 25.2 Å². The summed E-state index contributed by atoms with van der Waals surface area (Å²) in [5, 5.41) is 8.90. The predicted molar refractivity (Wildman–Crippen MR) is 231 cm³/mol. The average molecular weight is 812 g/mol. The summed E-state index contributed by atoms with van der Waals surface area (Å²) in [6, 6.07) is -1.48. The lowest BCUT2D eigenvalue weighted by Gasteiger charge is -2.20. The molecule has 326 valence electrons. The van der Waals surface area contributed by atoms with Crippen molar-refractivity contribution >= 4 is 19.8 Å². The second-order valence-electron chi connectivity index (χ2n) is 14.8. The van der Waals surface area contributed by atoms with E-state index in [-0.39, 0.29) is 13.0 Å². The summed E-state index contributed by atoms with van der Waals surface area (Å²) in [7, 11) is -4.62. The van der Waals surface area contributed by atoms with Crippen LogP contribution in [0.2, 0.25) is 0 Å². The van der Waals surface area contributed by atoms with E-state index in [1.54, 1.807) is 0 Å². The van der Waals surface area contributed by atoms with Crippen LogP contribution < -0.4 is 5.73 Å². The van der Waals surface area contributed by atoms with Crippen LogP contribution in [0.4, 0.5) is 0 Å². The van der Waals surface area contributed by atoms with Gasteiger partial charge in [0.15, 0.2) is 0 Å². The summed E-state index contributed by atoms with van der Waals surface area (Å²) in [5.74, 6) is -1.79. The van der Waals surface area contributed by atoms with E-state index in [0.717, 1.165) is 77.0 Å². The van der Waals surface area contributed by atoms with E-state index < -0.39 is 45.1 Å². The first-order valence-electron chi connectivity index (χ1n) is 22.2. The maximum atomic E-state index is 12.6. The van der Waals surface area contributed by atoms with Gasteiger partial charge in [-0.05, 0) is 77.0 Å². The van der Waals surface area contributed by atoms with Crippen LogP contribution >= 0.6 is 7.82 Å². The molecule has 0 radical (unpaired) electrons. The van der Waals surface area contributed by atoms with Gasteiger partial charge in [-0.25, -0.2) is 4.57 Å². The molecule has 0 rings (SSSR count). The van der Waals surface area contributed by atoms with Crippen molar-refractivity contribution in [3.63, 3.8) is 0 Å². The monoisotopic (exact) mass is 812 g/mol. The summed E-state index contributed by atoms with van der Waals surface area (Å²) in [6.07, 6.45) is 47.2. The highest BCUT2D eigenvalue weighted by molar-refractivity contribution is 7.47. The molecule has 0 bridgehead atoms. The highest BCUT2D eigenvalue weighted by Crippen LogP contribution is 2.43. The Hall–Kier alpha value is -2.07. The summed E-state index contributed by atoms with van der Waals surface area (Å²) in [6.45, 7) is 3.82. The molecule has 0 saturated heterocycles. The van der Waals surface area contributed by atoms with Gasteiger partial charge in [0.2, 0.25) is 0 Å². The molecular weight excluding hydrogens is 729 g/mol. The number of rotatable bonds is 42. The zero-order valence-corrected chi connectivity index (χ0v) is 36.4. The third kappa shape index (κ3) is 40.1. The molecule has 0 aromatic heterocycles. The second-order valence-corrected chi connectivity index (χ2v) is 16.3. The Labute approximate surface area is 341 Å². The maximum absolute atomic E-state index is 12.6. The lowest BCUT2D eigenvalue weighted by Crippen LogP contribution is -2.34. The van der Waals surface area contributed by atoms with Crippen LogP contribution in [0.3, 0.4) is 0 Å². The first-order valence-corrected chi connectivity index (χ1v) is 23.7. The molecule has 11 heteroatoms. The number of carbonyl (C=O) groups is 2. The fourth-order valence-corrected chi connectivity index (χ4v) is 6.62. The number of carboxylic acid groups (broad SMARTS) is 1.